The van der Waals surface area contributed by atoms with E-state index in [9.17, 15) is 8.42 Å². The third-order valence-electron chi connectivity index (χ3n) is 6.83. The highest BCUT2D eigenvalue weighted by Crippen LogP contribution is 2.41. The van der Waals surface area contributed by atoms with Crippen LogP contribution in [0.5, 0.6) is 5.88 Å². The zero-order valence-electron chi connectivity index (χ0n) is 19.4. The molecule has 9 heteroatoms. The van der Waals surface area contributed by atoms with Gasteiger partial charge in [0, 0.05) is 32.3 Å². The molecule has 0 saturated heterocycles. The first kappa shape index (κ1) is 23.9. The lowest BCUT2D eigenvalue weighted by Gasteiger charge is -2.33. The normalized spacial score (nSPS) is 24.1. The number of sulfonamides is 1. The Bertz CT molecular complexity index is 1080. The quantitative estimate of drug-likeness (QED) is 0.684. The van der Waals surface area contributed by atoms with E-state index in [0.717, 1.165) is 37.2 Å². The third kappa shape index (κ3) is 5.15. The summed E-state index contributed by atoms with van der Waals surface area (Å²) in [6.45, 7) is 1.77. The molecule has 1 saturated carbocycles. The van der Waals surface area contributed by atoms with Gasteiger partial charge in [-0.2, -0.15) is 0 Å². The zero-order chi connectivity index (χ0) is 23.6. The topological polar surface area (TPSA) is 80.8 Å². The average Bonchev–Trinajstić information content (AvgIpc) is 3.00. The highest BCUT2D eigenvalue weighted by Gasteiger charge is 2.37. The van der Waals surface area contributed by atoms with Crippen LogP contribution in [0.2, 0.25) is 0 Å². The van der Waals surface area contributed by atoms with Crippen molar-refractivity contribution in [2.75, 3.05) is 39.1 Å². The first-order chi connectivity index (χ1) is 15.7. The van der Waals surface area contributed by atoms with Gasteiger partial charge in [-0.05, 0) is 68.5 Å². The van der Waals surface area contributed by atoms with Gasteiger partial charge < -0.3 is 14.4 Å². The number of anilines is 1. The summed E-state index contributed by atoms with van der Waals surface area (Å²) in [4.78, 5) is 6.85. The third-order valence-corrected chi connectivity index (χ3v) is 8.21. The van der Waals surface area contributed by atoms with Gasteiger partial charge in [-0.25, -0.2) is 17.8 Å². The van der Waals surface area contributed by atoms with Crippen molar-refractivity contribution < 1.29 is 22.3 Å². The number of methoxy groups -OCH3 is 2. The Labute approximate surface area is 195 Å². The molecule has 180 valence electrons. The number of fused-ring (bicyclic) bond motifs is 1. The van der Waals surface area contributed by atoms with Crippen LogP contribution in [0.25, 0.3) is 0 Å². The summed E-state index contributed by atoms with van der Waals surface area (Å²) in [7, 11) is 1.29. The van der Waals surface area contributed by atoms with Crippen LogP contribution >= 0.6 is 0 Å². The second-order valence-electron chi connectivity index (χ2n) is 8.98. The summed E-state index contributed by atoms with van der Waals surface area (Å²) in [6.07, 6.45) is 3.68. The average molecular weight is 478 g/mol. The standard InChI is InChI=1S/C24H32FN3O4S/c1-28-14-10-17-16-22(23(32-3)26-21(17)11-15-28)27-33(29,30)20-6-4-18(5-7-20)24(25)12-8-19(31-2)9-13-24/h4-7,16,19,27H,8-15H2,1-3H3/t19-,24+. The van der Waals surface area contributed by atoms with Crippen LogP contribution < -0.4 is 9.46 Å². The molecule has 1 aliphatic carbocycles. The van der Waals surface area contributed by atoms with E-state index >= 15 is 4.39 Å². The molecule has 4 rings (SSSR count). The molecule has 1 N–H and O–H groups in total. The number of benzene rings is 1. The second kappa shape index (κ2) is 9.56. The Balaban J connectivity index is 1.55. The second-order valence-corrected chi connectivity index (χ2v) is 10.7. The van der Waals surface area contributed by atoms with Gasteiger partial charge in [0.15, 0.2) is 0 Å². The van der Waals surface area contributed by atoms with Crippen molar-refractivity contribution in [2.45, 2.75) is 55.2 Å². The van der Waals surface area contributed by atoms with Gasteiger partial charge >= 0.3 is 0 Å². The molecule has 2 heterocycles. The van der Waals surface area contributed by atoms with Gasteiger partial charge in [0.05, 0.1) is 18.1 Å². The molecule has 2 aromatic rings. The number of hydrogen-bond acceptors (Lipinski definition) is 6. The Kier molecular flexibility index (Phi) is 6.93. The lowest BCUT2D eigenvalue weighted by Crippen LogP contribution is -2.30. The Morgan fingerprint density at radius 2 is 1.79 bits per heavy atom. The van der Waals surface area contributed by atoms with Crippen LogP contribution in [0.15, 0.2) is 35.2 Å². The fourth-order valence-corrected chi connectivity index (χ4v) is 5.71. The van der Waals surface area contributed by atoms with Crippen molar-refractivity contribution in [1.82, 2.24) is 9.88 Å². The summed E-state index contributed by atoms with van der Waals surface area (Å²) in [5.74, 6) is 0.246. The number of nitrogens with one attached hydrogen (secondary N) is 1. The molecule has 0 bridgehead atoms. The monoisotopic (exact) mass is 477 g/mol. The number of nitrogens with zero attached hydrogens (tertiary/aromatic N) is 2. The molecule has 1 fully saturated rings. The molecule has 1 aromatic heterocycles. The Hall–Kier alpha value is -2.23. The number of hydrogen-bond donors (Lipinski definition) is 1. The summed E-state index contributed by atoms with van der Waals surface area (Å²) >= 11 is 0. The number of rotatable bonds is 6. The zero-order valence-corrected chi connectivity index (χ0v) is 20.3. The molecule has 7 nitrogen and oxygen atoms in total. The number of alkyl halides is 1. The van der Waals surface area contributed by atoms with Gasteiger partial charge in [-0.15, -0.1) is 0 Å². The predicted molar refractivity (Wildman–Crippen MR) is 125 cm³/mol. The molecule has 0 atom stereocenters. The SMILES string of the molecule is COc1nc2c(cc1NS(=O)(=O)c1ccc([C@]3(F)CC[C@@H](OC)CC3)cc1)CCN(C)CC2. The minimum atomic E-state index is -3.90. The summed E-state index contributed by atoms with van der Waals surface area (Å²) < 4.78 is 55.0. The highest BCUT2D eigenvalue weighted by molar-refractivity contribution is 7.92. The summed E-state index contributed by atoms with van der Waals surface area (Å²) in [6, 6.07) is 7.88. The largest absolute Gasteiger partial charge is 0.479 e. The van der Waals surface area contributed by atoms with E-state index in [4.69, 9.17) is 9.47 Å². The summed E-state index contributed by atoms with van der Waals surface area (Å²) in [5.41, 5.74) is 1.30. The van der Waals surface area contributed by atoms with E-state index < -0.39 is 15.7 Å². The van der Waals surface area contributed by atoms with Crippen molar-refractivity contribution in [3.05, 3.63) is 47.2 Å². The van der Waals surface area contributed by atoms with E-state index in [-0.39, 0.29) is 16.9 Å². The van der Waals surface area contributed by atoms with Gasteiger partial charge in [0.2, 0.25) is 5.88 Å². The van der Waals surface area contributed by atoms with Gasteiger partial charge in [-0.3, -0.25) is 4.72 Å². The molecular weight excluding hydrogens is 445 g/mol. The van der Waals surface area contributed by atoms with Crippen molar-refractivity contribution >= 4 is 15.7 Å². The number of aromatic nitrogens is 1. The van der Waals surface area contributed by atoms with Crippen molar-refractivity contribution in [1.29, 1.82) is 0 Å². The predicted octanol–water partition coefficient (Wildman–Crippen LogP) is 3.68. The lowest BCUT2D eigenvalue weighted by atomic mass is 9.80. The van der Waals surface area contributed by atoms with E-state index in [1.807, 2.05) is 6.07 Å². The highest BCUT2D eigenvalue weighted by atomic mass is 32.2. The maximum Gasteiger partial charge on any atom is 0.262 e. The minimum absolute atomic E-state index is 0.0668. The van der Waals surface area contributed by atoms with Crippen LogP contribution in [-0.2, 0) is 33.3 Å². The van der Waals surface area contributed by atoms with E-state index in [2.05, 4.69) is 21.7 Å². The van der Waals surface area contributed by atoms with Crippen LogP contribution in [0.4, 0.5) is 10.1 Å². The fourth-order valence-electron chi connectivity index (χ4n) is 4.67. The molecule has 0 unspecified atom stereocenters. The molecular formula is C24H32FN3O4S. The first-order valence-corrected chi connectivity index (χ1v) is 12.8. The molecule has 2 aliphatic rings. The molecule has 0 radical (unpaired) electrons. The maximum atomic E-state index is 15.5. The van der Waals surface area contributed by atoms with Crippen molar-refractivity contribution in [3.8, 4) is 5.88 Å². The van der Waals surface area contributed by atoms with Crippen LogP contribution in [0.1, 0.15) is 42.5 Å². The fraction of sp³-hybridized carbons (Fsp3) is 0.542. The van der Waals surface area contributed by atoms with Gasteiger partial charge in [0.1, 0.15) is 11.4 Å². The minimum Gasteiger partial charge on any atom is -0.479 e. The van der Waals surface area contributed by atoms with Crippen LogP contribution in [-0.4, -0.2) is 58.8 Å². The van der Waals surface area contributed by atoms with E-state index in [0.29, 0.717) is 36.9 Å². The van der Waals surface area contributed by atoms with Gasteiger partial charge in [0.25, 0.3) is 10.0 Å². The molecule has 33 heavy (non-hydrogen) atoms. The van der Waals surface area contributed by atoms with E-state index in [1.54, 1.807) is 19.2 Å². The number of likely N-dealkylation sites (N-methyl/N-ethyl adjacent to an activating group) is 1. The molecule has 0 amide bonds. The van der Waals surface area contributed by atoms with Gasteiger partial charge in [-0.1, -0.05) is 12.1 Å². The van der Waals surface area contributed by atoms with E-state index in [1.165, 1.54) is 19.2 Å². The number of pyridine rings is 1. The van der Waals surface area contributed by atoms with Crippen LogP contribution in [0.3, 0.4) is 0 Å². The van der Waals surface area contributed by atoms with Crippen LogP contribution in [0, 0.1) is 0 Å². The number of halogens is 1. The number of ether oxygens (including phenoxy) is 2. The molecule has 1 aliphatic heterocycles. The Morgan fingerprint density at radius 1 is 1.12 bits per heavy atom. The first-order valence-electron chi connectivity index (χ1n) is 11.3. The molecule has 1 aromatic carbocycles. The smallest absolute Gasteiger partial charge is 0.262 e. The lowest BCUT2D eigenvalue weighted by molar-refractivity contribution is 0.00579. The van der Waals surface area contributed by atoms with Crippen molar-refractivity contribution in [2.24, 2.45) is 0 Å². The maximum absolute atomic E-state index is 15.5. The Morgan fingerprint density at radius 3 is 2.42 bits per heavy atom. The summed E-state index contributed by atoms with van der Waals surface area (Å²) in [5, 5.41) is 0. The molecule has 0 spiro atoms. The van der Waals surface area contributed by atoms with Crippen molar-refractivity contribution in [3.63, 3.8) is 0 Å².